The largest absolute Gasteiger partial charge is 0.485 e. The van der Waals surface area contributed by atoms with Crippen molar-refractivity contribution < 1.29 is 19.1 Å². The second kappa shape index (κ2) is 6.44. The quantitative estimate of drug-likeness (QED) is 0.690. The van der Waals surface area contributed by atoms with Gasteiger partial charge in [-0.2, -0.15) is 0 Å². The second-order valence-electron chi connectivity index (χ2n) is 5.96. The molecule has 0 saturated carbocycles. The van der Waals surface area contributed by atoms with E-state index in [-0.39, 0.29) is 6.61 Å². The van der Waals surface area contributed by atoms with E-state index < -0.39 is 17.9 Å². The molecule has 0 aliphatic carbocycles. The SMILES string of the molecule is Cn1c(C(=O)NNC(=O)C2COc3ccccc3O2)cc2ccccc21. The van der Waals surface area contributed by atoms with Crippen LogP contribution in [0.3, 0.4) is 0 Å². The number of aryl methyl sites for hydroxylation is 1. The molecule has 1 aliphatic rings. The van der Waals surface area contributed by atoms with Gasteiger partial charge in [-0.15, -0.1) is 0 Å². The van der Waals surface area contributed by atoms with E-state index in [0.29, 0.717) is 17.2 Å². The van der Waals surface area contributed by atoms with Crippen molar-refractivity contribution in [2.75, 3.05) is 6.61 Å². The minimum absolute atomic E-state index is 0.0761. The highest BCUT2D eigenvalue weighted by Gasteiger charge is 2.27. The minimum atomic E-state index is -0.835. The zero-order valence-corrected chi connectivity index (χ0v) is 14.1. The molecule has 4 rings (SSSR count). The molecule has 0 fully saturated rings. The fraction of sp³-hybridized carbons (Fsp3) is 0.158. The minimum Gasteiger partial charge on any atom is -0.485 e. The number of nitrogens with zero attached hydrogens (tertiary/aromatic N) is 1. The van der Waals surface area contributed by atoms with Crippen molar-refractivity contribution in [2.45, 2.75) is 6.10 Å². The van der Waals surface area contributed by atoms with Gasteiger partial charge in [-0.25, -0.2) is 0 Å². The number of amides is 2. The standard InChI is InChI=1S/C19H17N3O4/c1-22-13-7-3-2-6-12(13)10-14(22)18(23)20-21-19(24)17-11-25-15-8-4-5-9-16(15)26-17/h2-10,17H,11H2,1H3,(H,20,23)(H,21,24). The van der Waals surface area contributed by atoms with E-state index in [1.807, 2.05) is 30.3 Å². The van der Waals surface area contributed by atoms with E-state index in [1.165, 1.54) is 0 Å². The number of aromatic nitrogens is 1. The van der Waals surface area contributed by atoms with Crippen LogP contribution in [0, 0.1) is 0 Å². The Morgan fingerprint density at radius 1 is 1.04 bits per heavy atom. The first-order chi connectivity index (χ1) is 12.6. The maximum absolute atomic E-state index is 12.4. The molecule has 1 unspecified atom stereocenters. The summed E-state index contributed by atoms with van der Waals surface area (Å²) in [5.74, 6) is 0.204. The van der Waals surface area contributed by atoms with Crippen LogP contribution in [0.1, 0.15) is 10.5 Å². The zero-order chi connectivity index (χ0) is 18.1. The lowest BCUT2D eigenvalue weighted by molar-refractivity contribution is -0.131. The van der Waals surface area contributed by atoms with Gasteiger partial charge in [0.2, 0.25) is 6.10 Å². The van der Waals surface area contributed by atoms with Gasteiger partial charge in [-0.3, -0.25) is 20.4 Å². The normalized spacial score (nSPS) is 15.5. The molecule has 2 N–H and O–H groups in total. The van der Waals surface area contributed by atoms with E-state index in [2.05, 4.69) is 10.9 Å². The Morgan fingerprint density at radius 3 is 2.58 bits per heavy atom. The summed E-state index contributed by atoms with van der Waals surface area (Å²) in [4.78, 5) is 24.7. The van der Waals surface area contributed by atoms with Gasteiger partial charge in [0.25, 0.3) is 11.8 Å². The van der Waals surface area contributed by atoms with Crippen LogP contribution < -0.4 is 20.3 Å². The monoisotopic (exact) mass is 351 g/mol. The lowest BCUT2D eigenvalue weighted by Gasteiger charge is -2.25. The number of carbonyl (C=O) groups is 2. The first kappa shape index (κ1) is 16.0. The van der Waals surface area contributed by atoms with E-state index in [4.69, 9.17) is 9.47 Å². The van der Waals surface area contributed by atoms with Gasteiger partial charge in [-0.05, 0) is 24.3 Å². The molecule has 1 aliphatic heterocycles. The molecule has 26 heavy (non-hydrogen) atoms. The third-order valence-electron chi connectivity index (χ3n) is 4.28. The Hall–Kier alpha value is -3.48. The molecule has 0 radical (unpaired) electrons. The highest BCUT2D eigenvalue weighted by atomic mass is 16.6. The van der Waals surface area contributed by atoms with Gasteiger partial charge < -0.3 is 14.0 Å². The van der Waals surface area contributed by atoms with Crippen molar-refractivity contribution in [2.24, 2.45) is 7.05 Å². The van der Waals surface area contributed by atoms with Gasteiger partial charge in [0.05, 0.1) is 0 Å². The van der Waals surface area contributed by atoms with Crippen molar-refractivity contribution in [3.05, 3.63) is 60.3 Å². The number of benzene rings is 2. The number of fused-ring (bicyclic) bond motifs is 2. The molecule has 2 aromatic carbocycles. The van der Waals surface area contributed by atoms with Crippen LogP contribution in [0.5, 0.6) is 11.5 Å². The summed E-state index contributed by atoms with van der Waals surface area (Å²) >= 11 is 0. The summed E-state index contributed by atoms with van der Waals surface area (Å²) in [6, 6.07) is 16.6. The van der Waals surface area contributed by atoms with Crippen LogP contribution in [0.4, 0.5) is 0 Å². The summed E-state index contributed by atoms with van der Waals surface area (Å²) in [6.07, 6.45) is -0.835. The molecule has 0 saturated heterocycles. The van der Waals surface area contributed by atoms with Crippen molar-refractivity contribution in [1.82, 2.24) is 15.4 Å². The summed E-state index contributed by atoms with van der Waals surface area (Å²) in [5, 5.41) is 0.951. The molecule has 1 aromatic heterocycles. The molecular weight excluding hydrogens is 334 g/mol. The first-order valence-electron chi connectivity index (χ1n) is 8.16. The molecule has 0 bridgehead atoms. The molecule has 1 atom stereocenters. The Morgan fingerprint density at radius 2 is 1.77 bits per heavy atom. The van der Waals surface area contributed by atoms with Crippen LogP contribution in [-0.2, 0) is 11.8 Å². The molecule has 132 valence electrons. The van der Waals surface area contributed by atoms with E-state index in [1.54, 1.807) is 35.9 Å². The van der Waals surface area contributed by atoms with Crippen molar-refractivity contribution in [3.63, 3.8) is 0 Å². The molecule has 2 amide bonds. The Kier molecular flexibility index (Phi) is 3.96. The van der Waals surface area contributed by atoms with Gasteiger partial charge in [0.15, 0.2) is 11.5 Å². The average Bonchev–Trinajstić information content (AvgIpc) is 3.02. The fourth-order valence-electron chi connectivity index (χ4n) is 2.92. The first-order valence-corrected chi connectivity index (χ1v) is 8.16. The topological polar surface area (TPSA) is 81.6 Å². The summed E-state index contributed by atoms with van der Waals surface area (Å²) in [5.41, 5.74) is 6.20. The lowest BCUT2D eigenvalue weighted by Crippen LogP contribution is -2.51. The molecule has 7 nitrogen and oxygen atoms in total. The van der Waals surface area contributed by atoms with Gasteiger partial charge in [-0.1, -0.05) is 30.3 Å². The highest BCUT2D eigenvalue weighted by molar-refractivity contribution is 5.99. The third kappa shape index (κ3) is 2.83. The van der Waals surface area contributed by atoms with Crippen LogP contribution in [0.2, 0.25) is 0 Å². The number of hydrogen-bond donors (Lipinski definition) is 2. The highest BCUT2D eigenvalue weighted by Crippen LogP contribution is 2.30. The fourth-order valence-corrected chi connectivity index (χ4v) is 2.92. The van der Waals surface area contributed by atoms with Crippen molar-refractivity contribution in [3.8, 4) is 11.5 Å². The Balaban J connectivity index is 1.41. The maximum atomic E-state index is 12.4. The van der Waals surface area contributed by atoms with Crippen LogP contribution >= 0.6 is 0 Å². The van der Waals surface area contributed by atoms with Crippen LogP contribution in [0.15, 0.2) is 54.6 Å². The van der Waals surface area contributed by atoms with Gasteiger partial charge in [0, 0.05) is 18.0 Å². The van der Waals surface area contributed by atoms with E-state index >= 15 is 0 Å². The molecule has 2 heterocycles. The van der Waals surface area contributed by atoms with E-state index in [9.17, 15) is 9.59 Å². The Bertz CT molecular complexity index is 995. The second-order valence-corrected chi connectivity index (χ2v) is 5.96. The van der Waals surface area contributed by atoms with E-state index in [0.717, 1.165) is 10.9 Å². The summed E-state index contributed by atoms with van der Waals surface area (Å²) in [7, 11) is 1.80. The van der Waals surface area contributed by atoms with Crippen LogP contribution in [-0.4, -0.2) is 29.1 Å². The average molecular weight is 351 g/mol. The number of nitrogens with one attached hydrogen (secondary N) is 2. The lowest BCUT2D eigenvalue weighted by atomic mass is 10.2. The number of ether oxygens (including phenoxy) is 2. The Labute approximate surface area is 149 Å². The number of hydrazine groups is 1. The summed E-state index contributed by atoms with van der Waals surface area (Å²) in [6.45, 7) is 0.0761. The molecule has 7 heteroatoms. The van der Waals surface area contributed by atoms with Crippen LogP contribution in [0.25, 0.3) is 10.9 Å². The number of para-hydroxylation sites is 3. The van der Waals surface area contributed by atoms with Crippen molar-refractivity contribution in [1.29, 1.82) is 0 Å². The molecular formula is C19H17N3O4. The molecule has 3 aromatic rings. The number of rotatable bonds is 2. The molecule has 0 spiro atoms. The predicted octanol–water partition coefficient (Wildman–Crippen LogP) is 1.78. The van der Waals surface area contributed by atoms with Crippen molar-refractivity contribution >= 4 is 22.7 Å². The third-order valence-corrected chi connectivity index (χ3v) is 4.28. The number of hydrogen-bond acceptors (Lipinski definition) is 4. The number of carbonyl (C=O) groups excluding carboxylic acids is 2. The maximum Gasteiger partial charge on any atom is 0.286 e. The smallest absolute Gasteiger partial charge is 0.286 e. The predicted molar refractivity (Wildman–Crippen MR) is 94.9 cm³/mol. The van der Waals surface area contributed by atoms with Gasteiger partial charge in [0.1, 0.15) is 12.3 Å². The van der Waals surface area contributed by atoms with Gasteiger partial charge >= 0.3 is 0 Å². The summed E-state index contributed by atoms with van der Waals surface area (Å²) < 4.78 is 12.9. The zero-order valence-electron chi connectivity index (χ0n) is 14.1.